The molecule has 0 saturated carbocycles. The average molecular weight is 148 g/mol. The smallest absolute Gasteiger partial charge is 0.148 e. The summed E-state index contributed by atoms with van der Waals surface area (Å²) >= 11 is 0. The summed E-state index contributed by atoms with van der Waals surface area (Å²) in [5, 5.41) is 4.20. The van der Waals surface area contributed by atoms with E-state index in [1.54, 1.807) is 23.2 Å². The van der Waals surface area contributed by atoms with E-state index in [4.69, 9.17) is 0 Å². The molecule has 0 radical (unpaired) electrons. The normalized spacial score (nSPS) is 10.6. The summed E-state index contributed by atoms with van der Waals surface area (Å²) in [5.74, 6) is 0.843. The third-order valence-corrected chi connectivity index (χ3v) is 1.53. The highest BCUT2D eigenvalue weighted by atomic mass is 15.3. The number of imidazole rings is 1. The number of rotatable bonds is 1. The molecule has 2 aromatic heterocycles. The second-order valence-corrected chi connectivity index (χ2v) is 2.29. The highest BCUT2D eigenvalue weighted by Gasteiger charge is 1.95. The first-order chi connectivity index (χ1) is 5.40. The Kier molecular flexibility index (Phi) is 1.31. The monoisotopic (exact) mass is 148 g/mol. The quantitative estimate of drug-likeness (QED) is 0.597. The van der Waals surface area contributed by atoms with Crippen molar-refractivity contribution >= 4 is 5.52 Å². The molecule has 2 aromatic rings. The summed E-state index contributed by atoms with van der Waals surface area (Å²) in [6.07, 6.45) is 6.04. The average Bonchev–Trinajstić information content (AvgIpc) is 2.50. The van der Waals surface area contributed by atoms with Gasteiger partial charge in [0.15, 0.2) is 0 Å². The molecule has 0 unspecified atom stereocenters. The first-order valence-electron chi connectivity index (χ1n) is 3.54. The van der Waals surface area contributed by atoms with Gasteiger partial charge in [-0.2, -0.15) is 5.10 Å². The van der Waals surface area contributed by atoms with Crippen molar-refractivity contribution in [3.05, 3.63) is 24.5 Å². The van der Waals surface area contributed by atoms with Gasteiger partial charge in [0.2, 0.25) is 0 Å². The largest absolute Gasteiger partial charge is 0.242 e. The molecule has 0 atom stereocenters. The van der Waals surface area contributed by atoms with Gasteiger partial charge in [0.25, 0.3) is 0 Å². The maximum absolute atomic E-state index is 4.20. The fourth-order valence-corrected chi connectivity index (χ4v) is 0.928. The first-order valence-corrected chi connectivity index (χ1v) is 3.54. The van der Waals surface area contributed by atoms with Crippen molar-refractivity contribution in [2.24, 2.45) is 0 Å². The molecule has 0 bridgehead atoms. The van der Waals surface area contributed by atoms with Crippen molar-refractivity contribution in [2.45, 2.75) is 13.3 Å². The Hall–Kier alpha value is -1.45. The van der Waals surface area contributed by atoms with Crippen LogP contribution in [0, 0.1) is 0 Å². The van der Waals surface area contributed by atoms with E-state index in [0.717, 1.165) is 17.8 Å². The van der Waals surface area contributed by atoms with Crippen molar-refractivity contribution in [1.29, 1.82) is 0 Å². The SMILES string of the molecule is CCc1ncc2cncn2n1. The Morgan fingerprint density at radius 2 is 2.36 bits per heavy atom. The van der Waals surface area contributed by atoms with Crippen LogP contribution in [0.3, 0.4) is 0 Å². The van der Waals surface area contributed by atoms with E-state index >= 15 is 0 Å². The molecule has 0 N–H and O–H groups in total. The molecule has 4 heteroatoms. The van der Waals surface area contributed by atoms with Crippen LogP contribution in [0.1, 0.15) is 12.7 Å². The summed E-state index contributed by atoms with van der Waals surface area (Å²) in [6, 6.07) is 0. The zero-order valence-corrected chi connectivity index (χ0v) is 6.23. The van der Waals surface area contributed by atoms with Crippen LogP contribution < -0.4 is 0 Å². The van der Waals surface area contributed by atoms with Crippen molar-refractivity contribution in [3.63, 3.8) is 0 Å². The molecular weight excluding hydrogens is 140 g/mol. The van der Waals surface area contributed by atoms with Crippen LogP contribution in [0.25, 0.3) is 5.52 Å². The lowest BCUT2D eigenvalue weighted by atomic mass is 10.4. The van der Waals surface area contributed by atoms with Crippen LogP contribution in [-0.2, 0) is 6.42 Å². The Morgan fingerprint density at radius 3 is 3.18 bits per heavy atom. The molecule has 2 heterocycles. The third-order valence-electron chi connectivity index (χ3n) is 1.53. The standard InChI is InChI=1S/C7H8N4/c1-2-7-9-4-6-3-8-5-11(6)10-7/h3-5H,2H2,1H3. The van der Waals surface area contributed by atoms with Gasteiger partial charge in [-0.25, -0.2) is 14.5 Å². The molecule has 0 amide bonds. The number of nitrogens with zero attached hydrogens (tertiary/aromatic N) is 4. The topological polar surface area (TPSA) is 43.1 Å². The minimum absolute atomic E-state index is 0.843. The fourth-order valence-electron chi connectivity index (χ4n) is 0.928. The lowest BCUT2D eigenvalue weighted by molar-refractivity contribution is 0.807. The van der Waals surface area contributed by atoms with E-state index in [9.17, 15) is 0 Å². The van der Waals surface area contributed by atoms with Crippen molar-refractivity contribution < 1.29 is 0 Å². The lowest BCUT2D eigenvalue weighted by Crippen LogP contribution is -1.98. The van der Waals surface area contributed by atoms with Gasteiger partial charge in [-0.15, -0.1) is 0 Å². The van der Waals surface area contributed by atoms with Gasteiger partial charge in [-0.1, -0.05) is 6.92 Å². The predicted octanol–water partition coefficient (Wildman–Crippen LogP) is 0.687. The molecular formula is C7H8N4. The summed E-state index contributed by atoms with van der Waals surface area (Å²) < 4.78 is 1.73. The summed E-state index contributed by atoms with van der Waals surface area (Å²) in [7, 11) is 0. The molecule has 0 aromatic carbocycles. The van der Waals surface area contributed by atoms with Crippen LogP contribution in [-0.4, -0.2) is 19.6 Å². The highest BCUT2D eigenvalue weighted by Crippen LogP contribution is 1.97. The van der Waals surface area contributed by atoms with Gasteiger partial charge in [-0.3, -0.25) is 0 Å². The lowest BCUT2D eigenvalue weighted by Gasteiger charge is -1.94. The maximum Gasteiger partial charge on any atom is 0.148 e. The van der Waals surface area contributed by atoms with Gasteiger partial charge in [-0.05, 0) is 0 Å². The molecule has 4 nitrogen and oxygen atoms in total. The molecule has 0 aliphatic rings. The number of hydrogen-bond acceptors (Lipinski definition) is 3. The third kappa shape index (κ3) is 0.960. The van der Waals surface area contributed by atoms with E-state index in [1.807, 2.05) is 6.92 Å². The number of aromatic nitrogens is 4. The number of hydrogen-bond donors (Lipinski definition) is 0. The van der Waals surface area contributed by atoms with Gasteiger partial charge in [0.05, 0.1) is 12.4 Å². The predicted molar refractivity (Wildman–Crippen MR) is 40.2 cm³/mol. The Morgan fingerprint density at radius 1 is 1.45 bits per heavy atom. The van der Waals surface area contributed by atoms with Crippen molar-refractivity contribution in [3.8, 4) is 0 Å². The van der Waals surface area contributed by atoms with Gasteiger partial charge in [0.1, 0.15) is 17.7 Å². The van der Waals surface area contributed by atoms with Gasteiger partial charge < -0.3 is 0 Å². The highest BCUT2D eigenvalue weighted by molar-refractivity contribution is 5.39. The first kappa shape index (κ1) is 6.27. The van der Waals surface area contributed by atoms with Gasteiger partial charge >= 0.3 is 0 Å². The second-order valence-electron chi connectivity index (χ2n) is 2.29. The maximum atomic E-state index is 4.20. The molecule has 0 aliphatic carbocycles. The Labute approximate surface area is 63.9 Å². The fraction of sp³-hybridized carbons (Fsp3) is 0.286. The van der Waals surface area contributed by atoms with Crippen LogP contribution >= 0.6 is 0 Å². The van der Waals surface area contributed by atoms with Crippen LogP contribution in [0.5, 0.6) is 0 Å². The summed E-state index contributed by atoms with van der Waals surface area (Å²) in [5.41, 5.74) is 0.933. The Bertz CT molecular complexity index is 365. The Balaban J connectivity index is 2.67. The second kappa shape index (κ2) is 2.30. The van der Waals surface area contributed by atoms with Crippen LogP contribution in [0.4, 0.5) is 0 Å². The van der Waals surface area contributed by atoms with Crippen molar-refractivity contribution in [1.82, 2.24) is 19.6 Å². The number of fused-ring (bicyclic) bond motifs is 1. The van der Waals surface area contributed by atoms with E-state index < -0.39 is 0 Å². The molecule has 0 aliphatic heterocycles. The van der Waals surface area contributed by atoms with Crippen molar-refractivity contribution in [2.75, 3.05) is 0 Å². The van der Waals surface area contributed by atoms with Crippen LogP contribution in [0.2, 0.25) is 0 Å². The molecule has 2 rings (SSSR count). The van der Waals surface area contributed by atoms with E-state index in [0.29, 0.717) is 0 Å². The van der Waals surface area contributed by atoms with E-state index in [1.165, 1.54) is 0 Å². The van der Waals surface area contributed by atoms with Gasteiger partial charge in [0, 0.05) is 6.42 Å². The van der Waals surface area contributed by atoms with E-state index in [-0.39, 0.29) is 0 Å². The minimum Gasteiger partial charge on any atom is -0.242 e. The van der Waals surface area contributed by atoms with E-state index in [2.05, 4.69) is 15.1 Å². The summed E-state index contributed by atoms with van der Waals surface area (Å²) in [6.45, 7) is 2.03. The zero-order chi connectivity index (χ0) is 7.68. The summed E-state index contributed by atoms with van der Waals surface area (Å²) in [4.78, 5) is 8.06. The molecule has 0 fully saturated rings. The number of aryl methyl sites for hydroxylation is 1. The molecule has 11 heavy (non-hydrogen) atoms. The molecule has 0 saturated heterocycles. The van der Waals surface area contributed by atoms with Crippen LogP contribution in [0.15, 0.2) is 18.7 Å². The zero-order valence-electron chi connectivity index (χ0n) is 6.23. The molecule has 0 spiro atoms. The minimum atomic E-state index is 0.843. The molecule has 56 valence electrons.